The maximum Gasteiger partial charge on any atom is 0.254 e. The van der Waals surface area contributed by atoms with E-state index in [4.69, 9.17) is 5.73 Å². The average molecular weight is 328 g/mol. The SMILES string of the molecule is N#CC1CCNCC1n1cc(C(N)=O)c(Nc2ccc(F)cc2)n1. The summed E-state index contributed by atoms with van der Waals surface area (Å²) < 4.78 is 14.6. The number of amides is 1. The van der Waals surface area contributed by atoms with Crippen LogP contribution in [0.2, 0.25) is 0 Å². The molecule has 1 saturated heterocycles. The van der Waals surface area contributed by atoms with Crippen LogP contribution in [0.25, 0.3) is 0 Å². The van der Waals surface area contributed by atoms with E-state index in [-0.39, 0.29) is 29.2 Å². The third kappa shape index (κ3) is 3.21. The van der Waals surface area contributed by atoms with Crippen LogP contribution in [-0.2, 0) is 0 Å². The highest BCUT2D eigenvalue weighted by atomic mass is 19.1. The van der Waals surface area contributed by atoms with Crippen LogP contribution in [0.4, 0.5) is 15.9 Å². The molecule has 2 unspecified atom stereocenters. The predicted molar refractivity (Wildman–Crippen MR) is 86.1 cm³/mol. The molecule has 124 valence electrons. The summed E-state index contributed by atoms with van der Waals surface area (Å²) in [7, 11) is 0. The smallest absolute Gasteiger partial charge is 0.254 e. The number of halogens is 1. The summed E-state index contributed by atoms with van der Waals surface area (Å²) >= 11 is 0. The quantitative estimate of drug-likeness (QED) is 0.789. The number of hydrogen-bond donors (Lipinski definition) is 3. The number of piperidine rings is 1. The highest BCUT2D eigenvalue weighted by Crippen LogP contribution is 2.27. The number of carbonyl (C=O) groups excluding carboxylic acids is 1. The van der Waals surface area contributed by atoms with Crippen molar-refractivity contribution in [3.8, 4) is 6.07 Å². The number of rotatable bonds is 4. The molecule has 2 heterocycles. The first kappa shape index (κ1) is 16.0. The first-order valence-corrected chi connectivity index (χ1v) is 7.60. The number of nitrogens with zero attached hydrogens (tertiary/aromatic N) is 3. The van der Waals surface area contributed by atoms with Crippen LogP contribution < -0.4 is 16.4 Å². The molecule has 0 saturated carbocycles. The zero-order valence-electron chi connectivity index (χ0n) is 12.9. The van der Waals surface area contributed by atoms with Crippen LogP contribution in [0.5, 0.6) is 0 Å². The van der Waals surface area contributed by atoms with Crippen molar-refractivity contribution in [1.82, 2.24) is 15.1 Å². The van der Waals surface area contributed by atoms with E-state index in [0.29, 0.717) is 18.7 Å². The number of nitriles is 1. The van der Waals surface area contributed by atoms with Gasteiger partial charge in [0.2, 0.25) is 0 Å². The van der Waals surface area contributed by atoms with E-state index in [0.717, 1.165) is 6.54 Å². The normalized spacial score (nSPS) is 20.3. The van der Waals surface area contributed by atoms with Crippen LogP contribution >= 0.6 is 0 Å². The first-order chi connectivity index (χ1) is 11.6. The van der Waals surface area contributed by atoms with Gasteiger partial charge in [0.25, 0.3) is 5.91 Å². The minimum Gasteiger partial charge on any atom is -0.365 e. The van der Waals surface area contributed by atoms with Gasteiger partial charge < -0.3 is 16.4 Å². The molecule has 8 heteroatoms. The molecule has 0 bridgehead atoms. The van der Waals surface area contributed by atoms with E-state index in [1.54, 1.807) is 23.0 Å². The Kier molecular flexibility index (Phi) is 4.44. The minimum atomic E-state index is -0.622. The Bertz CT molecular complexity index is 779. The lowest BCUT2D eigenvalue weighted by atomic mass is 9.94. The molecule has 1 aromatic carbocycles. The van der Waals surface area contributed by atoms with Crippen LogP contribution in [0, 0.1) is 23.1 Å². The molecule has 1 fully saturated rings. The van der Waals surface area contributed by atoms with E-state index in [9.17, 15) is 14.4 Å². The molecule has 0 radical (unpaired) electrons. The molecule has 2 aromatic rings. The summed E-state index contributed by atoms with van der Waals surface area (Å²) in [5, 5.41) is 19.9. The summed E-state index contributed by atoms with van der Waals surface area (Å²) in [6.07, 6.45) is 2.27. The van der Waals surface area contributed by atoms with Crippen LogP contribution in [0.1, 0.15) is 22.8 Å². The Morgan fingerprint density at radius 3 is 2.88 bits per heavy atom. The van der Waals surface area contributed by atoms with Crippen molar-refractivity contribution in [3.05, 3.63) is 41.8 Å². The van der Waals surface area contributed by atoms with E-state index in [1.165, 1.54) is 12.1 Å². The maximum absolute atomic E-state index is 13.0. The third-order valence-electron chi connectivity index (χ3n) is 4.06. The van der Waals surface area contributed by atoms with Crippen LogP contribution in [0.3, 0.4) is 0 Å². The van der Waals surface area contributed by atoms with Gasteiger partial charge in [0.05, 0.1) is 18.0 Å². The topological polar surface area (TPSA) is 109 Å². The van der Waals surface area contributed by atoms with Crippen molar-refractivity contribution in [1.29, 1.82) is 5.26 Å². The third-order valence-corrected chi connectivity index (χ3v) is 4.06. The molecular formula is C16H17FN6O. The molecular weight excluding hydrogens is 311 g/mol. The second-order valence-corrected chi connectivity index (χ2v) is 5.66. The molecule has 1 aliphatic heterocycles. The fraction of sp³-hybridized carbons (Fsp3) is 0.312. The van der Waals surface area contributed by atoms with Crippen LogP contribution in [-0.4, -0.2) is 28.8 Å². The highest BCUT2D eigenvalue weighted by Gasteiger charge is 2.28. The number of nitrogens with one attached hydrogen (secondary N) is 2. The highest BCUT2D eigenvalue weighted by molar-refractivity contribution is 5.98. The van der Waals surface area contributed by atoms with E-state index < -0.39 is 5.91 Å². The number of primary amides is 1. The van der Waals surface area contributed by atoms with Gasteiger partial charge >= 0.3 is 0 Å². The predicted octanol–water partition coefficient (Wildman–Crippen LogP) is 1.54. The van der Waals surface area contributed by atoms with Crippen molar-refractivity contribution in [2.75, 3.05) is 18.4 Å². The zero-order chi connectivity index (χ0) is 17.1. The summed E-state index contributed by atoms with van der Waals surface area (Å²) in [6.45, 7) is 1.37. The van der Waals surface area contributed by atoms with Crippen molar-refractivity contribution in [3.63, 3.8) is 0 Å². The lowest BCUT2D eigenvalue weighted by Crippen LogP contribution is -2.37. The lowest BCUT2D eigenvalue weighted by molar-refractivity contribution is 0.100. The van der Waals surface area contributed by atoms with Crippen LogP contribution in [0.15, 0.2) is 30.5 Å². The molecule has 0 spiro atoms. The number of anilines is 2. The van der Waals surface area contributed by atoms with Gasteiger partial charge in [-0.15, -0.1) is 0 Å². The molecule has 3 rings (SSSR count). The fourth-order valence-corrected chi connectivity index (χ4v) is 2.77. The summed E-state index contributed by atoms with van der Waals surface area (Å²) in [5.41, 5.74) is 6.24. The van der Waals surface area contributed by atoms with E-state index in [1.807, 2.05) is 0 Å². The standard InChI is InChI=1S/C16H17FN6O/c17-11-1-3-12(4-2-11)21-16-13(15(19)24)9-23(22-16)14-8-20-6-5-10(14)7-18/h1-4,9-10,14,20H,5-6,8H2,(H2,19,24)(H,21,22). The number of aromatic nitrogens is 2. The summed E-state index contributed by atoms with van der Waals surface area (Å²) in [6, 6.07) is 7.81. The lowest BCUT2D eigenvalue weighted by Gasteiger charge is -2.27. The second-order valence-electron chi connectivity index (χ2n) is 5.66. The molecule has 0 aliphatic carbocycles. The maximum atomic E-state index is 13.0. The molecule has 7 nitrogen and oxygen atoms in total. The Balaban J connectivity index is 1.91. The zero-order valence-corrected chi connectivity index (χ0v) is 12.9. The minimum absolute atomic E-state index is 0.175. The van der Waals surface area contributed by atoms with E-state index >= 15 is 0 Å². The van der Waals surface area contributed by atoms with Gasteiger partial charge in [0, 0.05) is 18.4 Å². The number of hydrogen-bond acceptors (Lipinski definition) is 5. The molecule has 1 aromatic heterocycles. The van der Waals surface area contributed by atoms with Crippen molar-refractivity contribution >= 4 is 17.4 Å². The van der Waals surface area contributed by atoms with Crippen molar-refractivity contribution in [2.24, 2.45) is 11.7 Å². The molecule has 24 heavy (non-hydrogen) atoms. The summed E-state index contributed by atoms with van der Waals surface area (Å²) in [4.78, 5) is 11.7. The first-order valence-electron chi connectivity index (χ1n) is 7.60. The fourth-order valence-electron chi connectivity index (χ4n) is 2.77. The average Bonchev–Trinajstić information content (AvgIpc) is 3.01. The Morgan fingerprint density at radius 1 is 1.46 bits per heavy atom. The van der Waals surface area contributed by atoms with E-state index in [2.05, 4.69) is 21.8 Å². The molecule has 1 amide bonds. The largest absolute Gasteiger partial charge is 0.365 e. The van der Waals surface area contributed by atoms with Gasteiger partial charge in [0.1, 0.15) is 11.4 Å². The number of carbonyl (C=O) groups is 1. The van der Waals surface area contributed by atoms with Gasteiger partial charge in [-0.3, -0.25) is 9.48 Å². The molecule has 1 aliphatic rings. The van der Waals surface area contributed by atoms with Crippen molar-refractivity contribution < 1.29 is 9.18 Å². The van der Waals surface area contributed by atoms with Gasteiger partial charge in [-0.1, -0.05) is 0 Å². The molecule has 2 atom stereocenters. The summed E-state index contributed by atoms with van der Waals surface area (Å²) in [5.74, 6) is -0.878. The number of benzene rings is 1. The number of nitrogens with two attached hydrogens (primary N) is 1. The van der Waals surface area contributed by atoms with Gasteiger partial charge in [-0.2, -0.15) is 10.4 Å². The Hall–Kier alpha value is -2.92. The second kappa shape index (κ2) is 6.68. The Morgan fingerprint density at radius 2 is 2.21 bits per heavy atom. The van der Waals surface area contributed by atoms with Gasteiger partial charge in [-0.05, 0) is 37.2 Å². The molecule has 4 N–H and O–H groups in total. The van der Waals surface area contributed by atoms with Crippen molar-refractivity contribution in [2.45, 2.75) is 12.5 Å². The van der Waals surface area contributed by atoms with Gasteiger partial charge in [0.15, 0.2) is 5.82 Å². The Labute approximate surface area is 138 Å². The monoisotopic (exact) mass is 328 g/mol. The van der Waals surface area contributed by atoms with Gasteiger partial charge in [-0.25, -0.2) is 4.39 Å².